The van der Waals surface area contributed by atoms with Crippen molar-refractivity contribution in [1.82, 2.24) is 19.7 Å². The molecule has 2 atom stereocenters. The first-order valence-corrected chi connectivity index (χ1v) is 15.5. The highest BCUT2D eigenvalue weighted by Crippen LogP contribution is 2.40. The third-order valence-electron chi connectivity index (χ3n) is 7.52. The molecule has 9 nitrogen and oxygen atoms in total. The summed E-state index contributed by atoms with van der Waals surface area (Å²) in [6.07, 6.45) is 5.03. The smallest absolute Gasteiger partial charge is 0.281 e. The third kappa shape index (κ3) is 6.51. The number of nitrogens with one attached hydrogen (secondary N) is 2. The van der Waals surface area contributed by atoms with E-state index in [4.69, 9.17) is 4.98 Å². The second-order valence-corrected chi connectivity index (χ2v) is 13.4. The monoisotopic (exact) mass is 572 g/mol. The number of amides is 1. The molecule has 2 N–H and O–H groups in total. The van der Waals surface area contributed by atoms with Gasteiger partial charge in [-0.2, -0.15) is 8.42 Å². The number of anilines is 2. The molecular weight excluding hydrogens is 536 g/mol. The van der Waals surface area contributed by atoms with Gasteiger partial charge in [0.15, 0.2) is 5.03 Å². The van der Waals surface area contributed by atoms with Gasteiger partial charge in [-0.05, 0) is 87.3 Å². The lowest BCUT2D eigenvalue weighted by Gasteiger charge is -2.33. The van der Waals surface area contributed by atoms with Gasteiger partial charge in [0.1, 0.15) is 17.3 Å². The topological polar surface area (TPSA) is 117 Å². The fourth-order valence-electron chi connectivity index (χ4n) is 5.53. The van der Waals surface area contributed by atoms with E-state index in [1.165, 1.54) is 6.07 Å². The molecule has 1 saturated heterocycles. The second-order valence-electron chi connectivity index (χ2n) is 11.8. The minimum absolute atomic E-state index is 0.174. The lowest BCUT2D eigenvalue weighted by molar-refractivity contribution is 0.0981. The summed E-state index contributed by atoms with van der Waals surface area (Å²) in [7, 11) is -4.27. The fourth-order valence-corrected chi connectivity index (χ4v) is 6.47. The first-order valence-electron chi connectivity index (χ1n) is 14.0. The molecule has 4 bridgehead atoms. The van der Waals surface area contributed by atoms with Gasteiger partial charge in [-0.3, -0.25) is 9.78 Å². The van der Waals surface area contributed by atoms with Gasteiger partial charge in [0, 0.05) is 24.7 Å². The molecule has 0 aromatic carbocycles. The van der Waals surface area contributed by atoms with E-state index >= 15 is 0 Å². The predicted octanol–water partition coefficient (Wildman–Crippen LogP) is 4.94. The number of rotatable bonds is 2. The molecule has 10 heteroatoms. The number of fused-ring (bicyclic) bond motifs is 6. The Morgan fingerprint density at radius 2 is 1.90 bits per heavy atom. The molecule has 1 amide bonds. The highest BCUT2D eigenvalue weighted by Gasteiger charge is 2.41. The van der Waals surface area contributed by atoms with Crippen molar-refractivity contribution >= 4 is 27.6 Å². The van der Waals surface area contributed by atoms with Crippen LogP contribution in [-0.4, -0.2) is 41.4 Å². The van der Waals surface area contributed by atoms with Crippen molar-refractivity contribution in [3.05, 3.63) is 71.7 Å². The number of hydrogen-bond acceptors (Lipinski definition) is 8. The number of carbonyl (C=O) groups excluding carboxylic acids is 1. The minimum Gasteiger partial charge on any atom is -0.362 e. The normalized spacial score (nSPS) is 21.4. The van der Waals surface area contributed by atoms with Crippen LogP contribution in [0, 0.1) is 23.7 Å². The summed E-state index contributed by atoms with van der Waals surface area (Å²) in [5.74, 6) is 7.11. The average Bonchev–Trinajstić information content (AvgIpc) is 3.24. The zero-order valence-electron chi connectivity index (χ0n) is 23.9. The van der Waals surface area contributed by atoms with Crippen molar-refractivity contribution in [2.75, 3.05) is 16.8 Å². The molecule has 0 spiro atoms. The van der Waals surface area contributed by atoms with Gasteiger partial charge in [0.2, 0.25) is 0 Å². The molecule has 5 rings (SSSR count). The van der Waals surface area contributed by atoms with Crippen molar-refractivity contribution in [2.24, 2.45) is 11.8 Å². The quantitative estimate of drug-likeness (QED) is 0.415. The maximum absolute atomic E-state index is 13.5. The Labute approximate surface area is 242 Å². The third-order valence-corrected chi connectivity index (χ3v) is 8.75. The molecule has 3 aromatic heterocycles. The van der Waals surface area contributed by atoms with Gasteiger partial charge in [0.05, 0.1) is 17.3 Å². The molecule has 1 fully saturated rings. The number of pyridine rings is 3. The number of carbonyl (C=O) groups is 1. The molecule has 0 aliphatic carbocycles. The van der Waals surface area contributed by atoms with E-state index in [0.717, 1.165) is 31.4 Å². The van der Waals surface area contributed by atoms with Gasteiger partial charge in [-0.25, -0.2) is 14.7 Å². The van der Waals surface area contributed by atoms with Crippen LogP contribution in [0.4, 0.5) is 11.6 Å². The van der Waals surface area contributed by atoms with Gasteiger partial charge < -0.3 is 10.2 Å². The Balaban J connectivity index is 1.59. The van der Waals surface area contributed by atoms with E-state index < -0.39 is 15.9 Å². The van der Waals surface area contributed by atoms with E-state index in [-0.39, 0.29) is 22.2 Å². The van der Waals surface area contributed by atoms with Crippen LogP contribution in [0.5, 0.6) is 0 Å². The molecule has 0 unspecified atom stereocenters. The summed E-state index contributed by atoms with van der Waals surface area (Å²) in [6, 6.07) is 13.6. The largest absolute Gasteiger partial charge is 0.362 e. The highest BCUT2D eigenvalue weighted by molar-refractivity contribution is 7.90. The van der Waals surface area contributed by atoms with Crippen LogP contribution < -0.4 is 14.9 Å². The van der Waals surface area contributed by atoms with E-state index in [1.807, 2.05) is 18.2 Å². The summed E-state index contributed by atoms with van der Waals surface area (Å²) in [4.78, 5) is 29.4. The van der Waals surface area contributed by atoms with Crippen molar-refractivity contribution < 1.29 is 13.2 Å². The zero-order chi connectivity index (χ0) is 29.2. The lowest BCUT2D eigenvalue weighted by atomic mass is 9.91. The molecule has 2 aliphatic heterocycles. The summed E-state index contributed by atoms with van der Waals surface area (Å²) in [6.45, 7) is 9.15. The molecule has 0 saturated carbocycles. The van der Waals surface area contributed by atoms with Crippen LogP contribution in [0.15, 0.2) is 59.8 Å². The van der Waals surface area contributed by atoms with E-state index in [2.05, 4.69) is 64.4 Å². The predicted molar refractivity (Wildman–Crippen MR) is 159 cm³/mol. The molecule has 41 heavy (non-hydrogen) atoms. The van der Waals surface area contributed by atoms with E-state index in [9.17, 15) is 13.2 Å². The van der Waals surface area contributed by atoms with Crippen LogP contribution in [0.3, 0.4) is 0 Å². The van der Waals surface area contributed by atoms with Gasteiger partial charge >= 0.3 is 0 Å². The Kier molecular flexibility index (Phi) is 8.00. The second kappa shape index (κ2) is 11.5. The Bertz CT molecular complexity index is 1590. The molecule has 5 heterocycles. The van der Waals surface area contributed by atoms with Crippen LogP contribution in [0.1, 0.15) is 81.2 Å². The molecule has 214 valence electrons. The maximum Gasteiger partial charge on any atom is 0.281 e. The Hall–Kier alpha value is -3.97. The van der Waals surface area contributed by atoms with E-state index in [0.29, 0.717) is 35.7 Å². The minimum atomic E-state index is -4.27. The summed E-state index contributed by atoms with van der Waals surface area (Å²) in [5, 5.41) is 3.14. The summed E-state index contributed by atoms with van der Waals surface area (Å²) >= 11 is 0. The van der Waals surface area contributed by atoms with E-state index in [1.54, 1.807) is 30.5 Å². The van der Waals surface area contributed by atoms with Gasteiger partial charge in [0.25, 0.3) is 15.9 Å². The maximum atomic E-state index is 13.5. The van der Waals surface area contributed by atoms with Crippen molar-refractivity contribution in [3.63, 3.8) is 0 Å². The Morgan fingerprint density at radius 3 is 2.66 bits per heavy atom. The van der Waals surface area contributed by atoms with Crippen molar-refractivity contribution in [3.8, 4) is 11.8 Å². The number of aromatic nitrogens is 3. The highest BCUT2D eigenvalue weighted by atomic mass is 32.2. The molecule has 3 aromatic rings. The SMILES string of the molecule is CC(C)CC#Cc1ccc2c(n1)N1C[C@@H](CC[C@H](c3ccccn3)Nc3cccc(n3)S(=O)(=O)NC2=O)CC1(C)C. The van der Waals surface area contributed by atoms with Crippen molar-refractivity contribution in [2.45, 2.75) is 70.0 Å². The summed E-state index contributed by atoms with van der Waals surface area (Å²) < 4.78 is 28.9. The molecule has 2 aliphatic rings. The van der Waals surface area contributed by atoms with Crippen LogP contribution in [0.25, 0.3) is 0 Å². The van der Waals surface area contributed by atoms with Gasteiger partial charge in [-0.1, -0.05) is 31.9 Å². The van der Waals surface area contributed by atoms with Crippen LogP contribution in [0.2, 0.25) is 0 Å². The van der Waals surface area contributed by atoms with Crippen LogP contribution >= 0.6 is 0 Å². The number of nitrogens with zero attached hydrogens (tertiary/aromatic N) is 4. The van der Waals surface area contributed by atoms with Crippen LogP contribution in [-0.2, 0) is 10.0 Å². The number of sulfonamides is 1. The first-order chi connectivity index (χ1) is 19.5. The number of hydrogen-bond donors (Lipinski definition) is 2. The first kappa shape index (κ1) is 28.6. The fraction of sp³-hybridized carbons (Fsp3) is 0.419. The average molecular weight is 573 g/mol. The zero-order valence-corrected chi connectivity index (χ0v) is 24.7. The van der Waals surface area contributed by atoms with Gasteiger partial charge in [-0.15, -0.1) is 0 Å². The standard InChI is InChI=1S/C31H36N6O3S/c1-21(2)9-7-10-23-15-16-24-29(33-23)37-20-22(19-31(37,3)4)14-17-26(25-11-5-6-18-32-25)34-27-12-8-13-28(35-27)41(39,40)36-30(24)38/h5-6,8,11-13,15-16,18,21-22,26H,9,14,17,19-20H2,1-4H3,(H,34,35)(H,36,38)/t22-,26+/m0/s1. The van der Waals surface area contributed by atoms with Crippen molar-refractivity contribution in [1.29, 1.82) is 0 Å². The lowest BCUT2D eigenvalue weighted by Crippen LogP contribution is -2.41. The molecular formula is C31H36N6O3S. The Morgan fingerprint density at radius 1 is 1.07 bits per heavy atom. The summed E-state index contributed by atoms with van der Waals surface area (Å²) in [5.41, 5.74) is 1.27. The molecule has 0 radical (unpaired) electrons.